The molecule has 118 valence electrons. The van der Waals surface area contributed by atoms with E-state index in [0.717, 1.165) is 25.6 Å². The van der Waals surface area contributed by atoms with Crippen molar-refractivity contribution in [2.45, 2.75) is 24.9 Å². The quantitative estimate of drug-likeness (QED) is 0.899. The molecule has 1 N–H and O–H groups in total. The van der Waals surface area contributed by atoms with Crippen LogP contribution in [0.4, 0.5) is 8.78 Å². The van der Waals surface area contributed by atoms with Crippen LogP contribution in [0.15, 0.2) is 18.2 Å². The number of benzene rings is 1. The fourth-order valence-electron chi connectivity index (χ4n) is 3.01. The maximum absolute atomic E-state index is 14.0. The van der Waals surface area contributed by atoms with E-state index in [9.17, 15) is 8.78 Å². The van der Waals surface area contributed by atoms with Gasteiger partial charge in [-0.25, -0.2) is 8.78 Å². The largest absolute Gasteiger partial charge is 0.312 e. The van der Waals surface area contributed by atoms with E-state index >= 15 is 0 Å². The van der Waals surface area contributed by atoms with Gasteiger partial charge < -0.3 is 10.2 Å². The van der Waals surface area contributed by atoms with Crippen molar-refractivity contribution in [3.63, 3.8) is 0 Å². The molecule has 0 saturated carbocycles. The minimum absolute atomic E-state index is 0.193. The van der Waals surface area contributed by atoms with Crippen LogP contribution >= 0.6 is 0 Å². The van der Waals surface area contributed by atoms with E-state index in [-0.39, 0.29) is 6.04 Å². The highest BCUT2D eigenvalue weighted by molar-refractivity contribution is 5.23. The lowest BCUT2D eigenvalue weighted by Crippen LogP contribution is -2.47. The summed E-state index contributed by atoms with van der Waals surface area (Å²) in [4.78, 5) is 4.57. The fourth-order valence-corrected chi connectivity index (χ4v) is 3.01. The molecule has 1 aliphatic heterocycles. The van der Waals surface area contributed by atoms with E-state index in [1.54, 1.807) is 19.2 Å². The number of hydrogen-bond donors (Lipinski definition) is 1. The van der Waals surface area contributed by atoms with Gasteiger partial charge in [0.2, 0.25) is 0 Å². The van der Waals surface area contributed by atoms with Crippen molar-refractivity contribution in [3.05, 3.63) is 35.4 Å². The number of halogens is 2. The first kappa shape index (κ1) is 16.3. The predicted molar refractivity (Wildman–Crippen MR) is 81.3 cm³/mol. The predicted octanol–water partition coefficient (Wildman–Crippen LogP) is 2.25. The first-order chi connectivity index (χ1) is 10.0. The number of nitrogens with one attached hydrogen (secondary N) is 1. The van der Waals surface area contributed by atoms with Gasteiger partial charge in [-0.1, -0.05) is 12.1 Å². The van der Waals surface area contributed by atoms with Crippen molar-refractivity contribution < 1.29 is 8.78 Å². The van der Waals surface area contributed by atoms with Crippen molar-refractivity contribution in [1.82, 2.24) is 15.1 Å². The minimum Gasteiger partial charge on any atom is -0.312 e. The molecule has 2 unspecified atom stereocenters. The third-order valence-corrected chi connectivity index (χ3v) is 4.36. The first-order valence-electron chi connectivity index (χ1n) is 7.53. The van der Waals surface area contributed by atoms with Crippen molar-refractivity contribution >= 4 is 0 Å². The van der Waals surface area contributed by atoms with E-state index in [0.29, 0.717) is 18.2 Å². The zero-order valence-electron chi connectivity index (χ0n) is 13.1. The average molecular weight is 297 g/mol. The van der Waals surface area contributed by atoms with Gasteiger partial charge in [0, 0.05) is 30.7 Å². The van der Waals surface area contributed by atoms with Crippen molar-refractivity contribution in [1.29, 1.82) is 0 Å². The molecule has 0 bridgehead atoms. The Hall–Kier alpha value is -1.04. The van der Waals surface area contributed by atoms with E-state index in [2.05, 4.69) is 29.2 Å². The van der Waals surface area contributed by atoms with Gasteiger partial charge in [-0.2, -0.15) is 0 Å². The molecule has 3 nitrogen and oxygen atoms in total. The standard InChI is InChI=1S/C16H25F2N3/c1-19-15(13-7-4-8-14(17)16(13)18)11-21-9-5-6-12(10-21)20(2)3/h4,7-8,12,15,19H,5-6,9-11H2,1-3H3. The Morgan fingerprint density at radius 1 is 1.38 bits per heavy atom. The molecule has 1 aliphatic rings. The Morgan fingerprint density at radius 3 is 2.81 bits per heavy atom. The summed E-state index contributed by atoms with van der Waals surface area (Å²) in [5, 5.41) is 3.12. The zero-order chi connectivity index (χ0) is 15.4. The highest BCUT2D eigenvalue weighted by atomic mass is 19.2. The molecule has 2 atom stereocenters. The molecule has 1 heterocycles. The Bertz CT molecular complexity index is 465. The number of likely N-dealkylation sites (N-methyl/N-ethyl adjacent to an activating group) is 2. The third kappa shape index (κ3) is 3.99. The molecule has 1 aromatic carbocycles. The molecular formula is C16H25F2N3. The van der Waals surface area contributed by atoms with Crippen LogP contribution in [-0.2, 0) is 0 Å². The number of piperidine rings is 1. The van der Waals surface area contributed by atoms with Crippen LogP contribution in [0.2, 0.25) is 0 Å². The molecule has 0 radical (unpaired) electrons. The maximum atomic E-state index is 14.0. The van der Waals surface area contributed by atoms with E-state index in [4.69, 9.17) is 0 Å². The van der Waals surface area contributed by atoms with Gasteiger partial charge in [-0.05, 0) is 46.6 Å². The van der Waals surface area contributed by atoms with E-state index < -0.39 is 11.6 Å². The van der Waals surface area contributed by atoms with Crippen molar-refractivity contribution in [3.8, 4) is 0 Å². The summed E-state index contributed by atoms with van der Waals surface area (Å²) in [6.07, 6.45) is 2.34. The lowest BCUT2D eigenvalue weighted by Gasteiger charge is -2.37. The van der Waals surface area contributed by atoms with Gasteiger partial charge in [0.15, 0.2) is 11.6 Å². The van der Waals surface area contributed by atoms with Crippen LogP contribution in [0, 0.1) is 11.6 Å². The summed E-state index contributed by atoms with van der Waals surface area (Å²) < 4.78 is 27.4. The summed E-state index contributed by atoms with van der Waals surface area (Å²) in [6.45, 7) is 2.68. The summed E-state index contributed by atoms with van der Waals surface area (Å²) in [5.74, 6) is -1.52. The Kier molecular flexibility index (Phi) is 5.67. The lowest BCUT2D eigenvalue weighted by molar-refractivity contribution is 0.124. The van der Waals surface area contributed by atoms with Crippen molar-refractivity contribution in [2.75, 3.05) is 40.8 Å². The molecule has 1 aromatic rings. The lowest BCUT2D eigenvalue weighted by atomic mass is 10.0. The van der Waals surface area contributed by atoms with Gasteiger partial charge in [-0.3, -0.25) is 4.90 Å². The Morgan fingerprint density at radius 2 is 2.14 bits per heavy atom. The third-order valence-electron chi connectivity index (χ3n) is 4.36. The number of nitrogens with zero attached hydrogens (tertiary/aromatic N) is 2. The highest BCUT2D eigenvalue weighted by Gasteiger charge is 2.25. The molecule has 5 heteroatoms. The summed E-state index contributed by atoms with van der Waals surface area (Å²) in [6, 6.07) is 4.73. The summed E-state index contributed by atoms with van der Waals surface area (Å²) in [5.41, 5.74) is 0.407. The summed E-state index contributed by atoms with van der Waals surface area (Å²) in [7, 11) is 5.98. The van der Waals surface area contributed by atoms with E-state index in [1.807, 2.05) is 0 Å². The number of likely N-dealkylation sites (tertiary alicyclic amines) is 1. The van der Waals surface area contributed by atoms with Crippen molar-refractivity contribution in [2.24, 2.45) is 0 Å². The monoisotopic (exact) mass is 297 g/mol. The van der Waals surface area contributed by atoms with Crippen LogP contribution in [0.1, 0.15) is 24.4 Å². The molecule has 1 saturated heterocycles. The number of rotatable bonds is 5. The van der Waals surface area contributed by atoms with Gasteiger partial charge in [-0.15, -0.1) is 0 Å². The van der Waals surface area contributed by atoms with Crippen LogP contribution in [-0.4, -0.2) is 56.6 Å². The van der Waals surface area contributed by atoms with Crippen LogP contribution in [0.3, 0.4) is 0 Å². The van der Waals surface area contributed by atoms with Crippen LogP contribution in [0.25, 0.3) is 0 Å². The zero-order valence-corrected chi connectivity index (χ0v) is 13.1. The highest BCUT2D eigenvalue weighted by Crippen LogP contribution is 2.22. The molecule has 0 amide bonds. The SMILES string of the molecule is CNC(CN1CCCC(N(C)C)C1)c1cccc(F)c1F. The van der Waals surface area contributed by atoms with Gasteiger partial charge >= 0.3 is 0 Å². The van der Waals surface area contributed by atoms with E-state index in [1.165, 1.54) is 6.42 Å². The second kappa shape index (κ2) is 7.29. The Labute approximate surface area is 125 Å². The molecule has 1 fully saturated rings. The topological polar surface area (TPSA) is 18.5 Å². The average Bonchev–Trinajstić information content (AvgIpc) is 2.48. The normalized spacial score (nSPS) is 21.7. The van der Waals surface area contributed by atoms with Gasteiger partial charge in [0.05, 0.1) is 0 Å². The van der Waals surface area contributed by atoms with Gasteiger partial charge in [0.25, 0.3) is 0 Å². The maximum Gasteiger partial charge on any atom is 0.163 e. The first-order valence-corrected chi connectivity index (χ1v) is 7.53. The molecule has 2 rings (SSSR count). The fraction of sp³-hybridized carbons (Fsp3) is 0.625. The minimum atomic E-state index is -0.780. The summed E-state index contributed by atoms with van der Waals surface area (Å²) >= 11 is 0. The second-order valence-electron chi connectivity index (χ2n) is 6.00. The van der Waals surface area contributed by atoms with Crippen LogP contribution < -0.4 is 5.32 Å². The molecule has 0 aliphatic carbocycles. The molecule has 21 heavy (non-hydrogen) atoms. The molecular weight excluding hydrogens is 272 g/mol. The molecule has 0 spiro atoms. The van der Waals surface area contributed by atoms with Crippen LogP contribution in [0.5, 0.6) is 0 Å². The smallest absolute Gasteiger partial charge is 0.163 e. The Balaban J connectivity index is 2.07. The second-order valence-corrected chi connectivity index (χ2v) is 6.00. The number of hydrogen-bond acceptors (Lipinski definition) is 3. The molecule has 0 aromatic heterocycles. The van der Waals surface area contributed by atoms with Gasteiger partial charge in [0.1, 0.15) is 0 Å².